The highest BCUT2D eigenvalue weighted by Crippen LogP contribution is 2.38. The molecule has 0 radical (unpaired) electrons. The van der Waals surface area contributed by atoms with Crippen LogP contribution in [-0.4, -0.2) is 41.1 Å². The Labute approximate surface area is 210 Å². The summed E-state index contributed by atoms with van der Waals surface area (Å²) in [7, 11) is 1.40. The summed E-state index contributed by atoms with van der Waals surface area (Å²) in [5, 5.41) is 8.24. The lowest BCUT2D eigenvalue weighted by Crippen LogP contribution is -2.42. The van der Waals surface area contributed by atoms with Crippen LogP contribution >= 0.6 is 0 Å². The maximum absolute atomic E-state index is 12.8. The Balaban J connectivity index is 1.60. The number of pyridine rings is 1. The van der Waals surface area contributed by atoms with Gasteiger partial charge in [0, 0.05) is 29.3 Å². The number of nitrogens with one attached hydrogen (secondary N) is 1. The largest absolute Gasteiger partial charge is 0.465 e. The number of carbonyl (C=O) groups excluding carboxylic acids is 1. The molecule has 36 heavy (non-hydrogen) atoms. The van der Waals surface area contributed by atoms with Crippen molar-refractivity contribution in [2.45, 2.75) is 32.9 Å². The van der Waals surface area contributed by atoms with Gasteiger partial charge in [0.25, 0.3) is 0 Å². The Morgan fingerprint density at radius 3 is 2.86 bits per heavy atom. The second-order valence-corrected chi connectivity index (χ2v) is 9.16. The van der Waals surface area contributed by atoms with Crippen LogP contribution < -0.4 is 4.90 Å². The van der Waals surface area contributed by atoms with Gasteiger partial charge in [0.15, 0.2) is 0 Å². The van der Waals surface area contributed by atoms with E-state index in [-0.39, 0.29) is 18.1 Å². The smallest absolute Gasteiger partial charge is 0.339 e. The summed E-state index contributed by atoms with van der Waals surface area (Å²) in [6, 6.07) is 17.8. The summed E-state index contributed by atoms with van der Waals surface area (Å²) in [6.45, 7) is 4.73. The molecule has 4 aromatic rings. The van der Waals surface area contributed by atoms with Crippen LogP contribution in [0.1, 0.15) is 40.2 Å². The molecule has 7 nitrogen and oxygen atoms in total. The highest BCUT2D eigenvalue weighted by Gasteiger charge is 2.33. The van der Waals surface area contributed by atoms with E-state index >= 15 is 0 Å². The molecule has 2 aromatic carbocycles. The number of aromatic nitrogens is 3. The molecule has 0 amide bonds. The molecule has 0 saturated carbocycles. The van der Waals surface area contributed by atoms with E-state index in [4.69, 9.17) is 9.47 Å². The molecule has 1 saturated heterocycles. The highest BCUT2D eigenvalue weighted by molar-refractivity contribution is 5.97. The first-order valence-corrected chi connectivity index (χ1v) is 12.2. The van der Waals surface area contributed by atoms with Crippen molar-refractivity contribution in [3.8, 4) is 0 Å². The lowest BCUT2D eigenvalue weighted by molar-refractivity contribution is -0.00590. The number of rotatable bonds is 6. The van der Waals surface area contributed by atoms with E-state index in [9.17, 15) is 4.79 Å². The number of hydrogen-bond acceptors (Lipinski definition) is 6. The number of carbonyl (C=O) groups is 1. The Bertz CT molecular complexity index is 1390. The van der Waals surface area contributed by atoms with Gasteiger partial charge in [0.2, 0.25) is 0 Å². The van der Waals surface area contributed by atoms with Gasteiger partial charge in [-0.1, -0.05) is 18.2 Å². The summed E-state index contributed by atoms with van der Waals surface area (Å²) >= 11 is 0. The van der Waals surface area contributed by atoms with Gasteiger partial charge >= 0.3 is 5.97 Å². The molecule has 0 bridgehead atoms. The van der Waals surface area contributed by atoms with E-state index < -0.39 is 0 Å². The normalized spacial score (nSPS) is 18.0. The Morgan fingerprint density at radius 2 is 2.03 bits per heavy atom. The first-order valence-electron chi connectivity index (χ1n) is 12.2. The topological polar surface area (TPSA) is 80.3 Å². The monoisotopic (exact) mass is 482 g/mol. The minimum atomic E-state index is -0.388. The van der Waals surface area contributed by atoms with Crippen LogP contribution in [0.4, 0.5) is 11.4 Å². The number of nitrogens with zero attached hydrogens (tertiary/aromatic N) is 3. The Hall–Kier alpha value is -3.97. The molecule has 0 aliphatic carbocycles. The fourth-order valence-electron chi connectivity index (χ4n) is 4.89. The zero-order valence-electron chi connectivity index (χ0n) is 20.8. The summed E-state index contributed by atoms with van der Waals surface area (Å²) < 4.78 is 11.6. The second-order valence-electron chi connectivity index (χ2n) is 9.16. The molecule has 2 aromatic heterocycles. The van der Waals surface area contributed by atoms with E-state index in [1.54, 1.807) is 12.3 Å². The molecular weight excluding hydrogens is 452 g/mol. The average Bonchev–Trinajstić information content (AvgIpc) is 3.36. The highest BCUT2D eigenvalue weighted by atomic mass is 16.5. The molecular formula is C29H30N4O3. The van der Waals surface area contributed by atoms with Gasteiger partial charge in [-0.2, -0.15) is 5.10 Å². The summed E-state index contributed by atoms with van der Waals surface area (Å²) in [4.78, 5) is 19.5. The number of aromatic amines is 1. The fourth-order valence-corrected chi connectivity index (χ4v) is 4.89. The van der Waals surface area contributed by atoms with Crippen LogP contribution in [-0.2, 0) is 9.47 Å². The maximum Gasteiger partial charge on any atom is 0.339 e. The number of hydrogen-bond donors (Lipinski definition) is 1. The quantitative estimate of drug-likeness (QED) is 0.341. The van der Waals surface area contributed by atoms with Crippen LogP contribution in [0.15, 0.2) is 66.9 Å². The molecule has 1 aliphatic rings. The van der Waals surface area contributed by atoms with Gasteiger partial charge in [-0.05, 0) is 80.8 Å². The van der Waals surface area contributed by atoms with Gasteiger partial charge in [0.05, 0.1) is 35.8 Å². The standard InChI is InChI=1S/C29H30N4O3/c1-19-15-20(2)31-23(16-19)12-10-21-7-6-14-36-28(21)33(24-13-11-22-18-30-32-26(22)17-24)27-9-5-4-8-25(27)29(34)35-3/h4-5,8-13,15-18,21,28H,6-7,14H2,1-3H3,(H,30,32). The second kappa shape index (κ2) is 10.3. The lowest BCUT2D eigenvalue weighted by Gasteiger charge is -2.40. The molecule has 5 rings (SSSR count). The third kappa shape index (κ3) is 4.88. The molecule has 1 aliphatic heterocycles. The zero-order chi connectivity index (χ0) is 25.1. The average molecular weight is 483 g/mol. The first-order chi connectivity index (χ1) is 17.5. The van der Waals surface area contributed by atoms with Crippen molar-refractivity contribution >= 4 is 34.3 Å². The van der Waals surface area contributed by atoms with E-state index in [1.165, 1.54) is 12.7 Å². The number of fused-ring (bicyclic) bond motifs is 1. The maximum atomic E-state index is 12.8. The van der Waals surface area contributed by atoms with Crippen molar-refractivity contribution in [2.75, 3.05) is 18.6 Å². The molecule has 1 fully saturated rings. The minimum Gasteiger partial charge on any atom is -0.465 e. The number of esters is 1. The van der Waals surface area contributed by atoms with Gasteiger partial charge in [-0.3, -0.25) is 10.1 Å². The predicted octanol–water partition coefficient (Wildman–Crippen LogP) is 5.97. The van der Waals surface area contributed by atoms with E-state index in [0.717, 1.165) is 46.5 Å². The molecule has 7 heteroatoms. The van der Waals surface area contributed by atoms with Crippen LogP contribution in [0, 0.1) is 19.8 Å². The molecule has 184 valence electrons. The Morgan fingerprint density at radius 1 is 1.17 bits per heavy atom. The van der Waals surface area contributed by atoms with Crippen LogP contribution in [0.2, 0.25) is 0 Å². The number of ether oxygens (including phenoxy) is 2. The Kier molecular flexibility index (Phi) is 6.82. The van der Waals surface area contributed by atoms with Crippen molar-refractivity contribution in [3.63, 3.8) is 0 Å². The molecule has 2 unspecified atom stereocenters. The summed E-state index contributed by atoms with van der Waals surface area (Å²) in [5.74, 6) is -0.315. The molecule has 1 N–H and O–H groups in total. The van der Waals surface area contributed by atoms with E-state index in [0.29, 0.717) is 12.2 Å². The number of H-pyrrole nitrogens is 1. The van der Waals surface area contributed by atoms with Gasteiger partial charge < -0.3 is 14.4 Å². The van der Waals surface area contributed by atoms with Crippen molar-refractivity contribution < 1.29 is 14.3 Å². The van der Waals surface area contributed by atoms with Crippen molar-refractivity contribution in [2.24, 2.45) is 5.92 Å². The summed E-state index contributed by atoms with van der Waals surface area (Å²) in [5.41, 5.74) is 6.13. The van der Waals surface area contributed by atoms with Crippen molar-refractivity contribution in [1.82, 2.24) is 15.2 Å². The van der Waals surface area contributed by atoms with E-state index in [2.05, 4.69) is 51.3 Å². The lowest BCUT2D eigenvalue weighted by atomic mass is 9.95. The van der Waals surface area contributed by atoms with Crippen molar-refractivity contribution in [3.05, 3.63) is 89.4 Å². The number of para-hydroxylation sites is 1. The number of benzene rings is 2. The fraction of sp³-hybridized carbons (Fsp3) is 0.276. The van der Waals surface area contributed by atoms with E-state index in [1.807, 2.05) is 43.3 Å². The molecule has 3 heterocycles. The predicted molar refractivity (Wildman–Crippen MR) is 141 cm³/mol. The third-order valence-corrected chi connectivity index (χ3v) is 6.50. The number of anilines is 2. The zero-order valence-corrected chi connectivity index (χ0v) is 20.8. The van der Waals surface area contributed by atoms with Gasteiger partial charge in [0.1, 0.15) is 6.23 Å². The number of methoxy groups -OCH3 is 1. The van der Waals surface area contributed by atoms with Crippen LogP contribution in [0.5, 0.6) is 0 Å². The molecule has 2 atom stereocenters. The van der Waals surface area contributed by atoms with Crippen LogP contribution in [0.3, 0.4) is 0 Å². The third-order valence-electron chi connectivity index (χ3n) is 6.50. The first kappa shape index (κ1) is 23.8. The SMILES string of the molecule is COC(=O)c1ccccc1N(c1ccc2cn[nH]c2c1)C1OCCCC1C=Cc1cc(C)cc(C)n1. The van der Waals surface area contributed by atoms with Gasteiger partial charge in [-0.25, -0.2) is 4.79 Å². The van der Waals surface area contributed by atoms with Gasteiger partial charge in [-0.15, -0.1) is 0 Å². The molecule has 0 spiro atoms. The number of aryl methyl sites for hydroxylation is 2. The summed E-state index contributed by atoms with van der Waals surface area (Å²) in [6.07, 6.45) is 7.65. The van der Waals surface area contributed by atoms with Crippen LogP contribution in [0.25, 0.3) is 17.0 Å². The van der Waals surface area contributed by atoms with Crippen molar-refractivity contribution in [1.29, 1.82) is 0 Å². The minimum absolute atomic E-state index is 0.0736.